The highest BCUT2D eigenvalue weighted by molar-refractivity contribution is 7.13. The highest BCUT2D eigenvalue weighted by Crippen LogP contribution is 2.28. The molecule has 116 valence electrons. The first-order chi connectivity index (χ1) is 10.3. The summed E-state index contributed by atoms with van der Waals surface area (Å²) in [7, 11) is 0. The fraction of sp³-hybridized carbons (Fsp3) is 0.733. The molecule has 2 saturated heterocycles. The predicted molar refractivity (Wildman–Crippen MR) is 83.7 cm³/mol. The molecule has 1 aromatic rings. The monoisotopic (exact) mass is 309 g/mol. The molecule has 2 aliphatic rings. The van der Waals surface area contributed by atoms with Crippen molar-refractivity contribution in [1.29, 1.82) is 0 Å². The number of carbonyl (C=O) groups is 1. The van der Waals surface area contributed by atoms with E-state index in [9.17, 15) is 4.79 Å². The van der Waals surface area contributed by atoms with Gasteiger partial charge in [-0.2, -0.15) is 0 Å². The minimum absolute atomic E-state index is 0.0292. The summed E-state index contributed by atoms with van der Waals surface area (Å²) < 4.78 is 5.43. The van der Waals surface area contributed by atoms with Crippen LogP contribution in [0.2, 0.25) is 0 Å². The van der Waals surface area contributed by atoms with Crippen LogP contribution < -0.4 is 4.90 Å². The number of hydrogen-bond acceptors (Lipinski definition) is 5. The Kier molecular flexibility index (Phi) is 4.75. The molecule has 0 aromatic carbocycles. The van der Waals surface area contributed by atoms with Crippen LogP contribution in [0, 0.1) is 5.92 Å². The second-order valence-corrected chi connectivity index (χ2v) is 6.65. The van der Waals surface area contributed by atoms with Crippen molar-refractivity contribution in [2.45, 2.75) is 32.2 Å². The summed E-state index contributed by atoms with van der Waals surface area (Å²) in [5, 5.41) is 2.95. The van der Waals surface area contributed by atoms with Gasteiger partial charge in [0.1, 0.15) is 6.04 Å². The fourth-order valence-corrected chi connectivity index (χ4v) is 3.95. The number of aromatic nitrogens is 1. The van der Waals surface area contributed by atoms with Crippen LogP contribution in [0.4, 0.5) is 5.13 Å². The van der Waals surface area contributed by atoms with Gasteiger partial charge in [-0.05, 0) is 26.2 Å². The number of thiazole rings is 1. The lowest BCUT2D eigenvalue weighted by atomic mass is 10.1. The smallest absolute Gasteiger partial charge is 0.245 e. The van der Waals surface area contributed by atoms with Crippen molar-refractivity contribution in [3.05, 3.63) is 11.6 Å². The number of rotatable bonds is 5. The van der Waals surface area contributed by atoms with Gasteiger partial charge in [0.15, 0.2) is 5.13 Å². The molecule has 0 bridgehead atoms. The Balaban J connectivity index is 1.66. The van der Waals surface area contributed by atoms with E-state index in [-0.39, 0.29) is 11.9 Å². The van der Waals surface area contributed by atoms with Gasteiger partial charge in [-0.25, -0.2) is 4.98 Å². The molecular weight excluding hydrogens is 286 g/mol. The van der Waals surface area contributed by atoms with E-state index in [1.54, 1.807) is 11.3 Å². The zero-order valence-electron chi connectivity index (χ0n) is 12.5. The number of ether oxygens (including phenoxy) is 1. The van der Waals surface area contributed by atoms with Crippen LogP contribution >= 0.6 is 11.3 Å². The molecule has 0 N–H and O–H groups in total. The lowest BCUT2D eigenvalue weighted by molar-refractivity contribution is -0.132. The molecule has 21 heavy (non-hydrogen) atoms. The summed E-state index contributed by atoms with van der Waals surface area (Å²) in [4.78, 5) is 21.5. The summed E-state index contributed by atoms with van der Waals surface area (Å²) in [6.45, 7) is 6.25. The van der Waals surface area contributed by atoms with Gasteiger partial charge in [-0.15, -0.1) is 11.3 Å². The standard InChI is InChI=1S/C15H23N3O2S/c1-2-17(10-12-5-8-20-11-12)14(19)13-4-3-7-18(13)15-16-6-9-21-15/h6,9,12-13H,2-5,7-8,10-11H2,1H3/t12-,13+/m0/s1. The average Bonchev–Trinajstić information content (AvgIpc) is 3.25. The molecule has 1 amide bonds. The van der Waals surface area contributed by atoms with Crippen molar-refractivity contribution in [3.8, 4) is 0 Å². The molecule has 0 spiro atoms. The third kappa shape index (κ3) is 3.21. The van der Waals surface area contributed by atoms with Gasteiger partial charge in [0.2, 0.25) is 5.91 Å². The Morgan fingerprint density at radius 2 is 2.48 bits per heavy atom. The molecule has 0 aliphatic carbocycles. The third-order valence-electron chi connectivity index (χ3n) is 4.40. The van der Waals surface area contributed by atoms with Crippen LogP contribution in [0.15, 0.2) is 11.6 Å². The number of nitrogens with zero attached hydrogens (tertiary/aromatic N) is 3. The van der Waals surface area contributed by atoms with Crippen molar-refractivity contribution < 1.29 is 9.53 Å². The van der Waals surface area contributed by atoms with Gasteiger partial charge in [0, 0.05) is 43.7 Å². The summed E-state index contributed by atoms with van der Waals surface area (Å²) in [6.07, 6.45) is 4.90. The SMILES string of the molecule is CCN(C[C@@H]1CCOC1)C(=O)[C@H]1CCCN1c1nccs1. The minimum atomic E-state index is -0.0292. The average molecular weight is 309 g/mol. The molecular formula is C15H23N3O2S. The topological polar surface area (TPSA) is 45.7 Å². The van der Waals surface area contributed by atoms with E-state index in [1.807, 2.05) is 16.5 Å². The van der Waals surface area contributed by atoms with Crippen LogP contribution in [-0.2, 0) is 9.53 Å². The summed E-state index contributed by atoms with van der Waals surface area (Å²) in [5.74, 6) is 0.765. The summed E-state index contributed by atoms with van der Waals surface area (Å²) in [5.41, 5.74) is 0. The zero-order valence-corrected chi connectivity index (χ0v) is 13.3. The predicted octanol–water partition coefficient (Wildman–Crippen LogP) is 2.00. The number of anilines is 1. The van der Waals surface area contributed by atoms with Crippen LogP contribution in [0.5, 0.6) is 0 Å². The van der Waals surface area contributed by atoms with Gasteiger partial charge in [-0.1, -0.05) is 0 Å². The van der Waals surface area contributed by atoms with Crippen molar-refractivity contribution >= 4 is 22.4 Å². The first-order valence-corrected chi connectivity index (χ1v) is 8.70. The van der Waals surface area contributed by atoms with Crippen LogP contribution in [0.3, 0.4) is 0 Å². The second-order valence-electron chi connectivity index (χ2n) is 5.77. The quantitative estimate of drug-likeness (QED) is 0.834. The normalized spacial score (nSPS) is 25.5. The van der Waals surface area contributed by atoms with Crippen LogP contribution in [0.25, 0.3) is 0 Å². The first kappa shape index (κ1) is 14.8. The number of hydrogen-bond donors (Lipinski definition) is 0. The molecule has 5 nitrogen and oxygen atoms in total. The molecule has 1 aromatic heterocycles. The highest BCUT2D eigenvalue weighted by Gasteiger charge is 2.35. The maximum Gasteiger partial charge on any atom is 0.245 e. The van der Waals surface area contributed by atoms with Crippen molar-refractivity contribution in [2.75, 3.05) is 37.7 Å². The molecule has 0 saturated carbocycles. The number of amides is 1. The Bertz CT molecular complexity index is 459. The van der Waals surface area contributed by atoms with E-state index in [1.165, 1.54) is 0 Å². The number of likely N-dealkylation sites (N-methyl/N-ethyl adjacent to an activating group) is 1. The first-order valence-electron chi connectivity index (χ1n) is 7.82. The van der Waals surface area contributed by atoms with E-state index < -0.39 is 0 Å². The third-order valence-corrected chi connectivity index (χ3v) is 5.21. The van der Waals surface area contributed by atoms with Crippen molar-refractivity contribution in [2.24, 2.45) is 5.92 Å². The van der Waals surface area contributed by atoms with Gasteiger partial charge in [0.05, 0.1) is 6.61 Å². The van der Waals surface area contributed by atoms with E-state index in [0.717, 1.165) is 57.2 Å². The zero-order chi connectivity index (χ0) is 14.7. The van der Waals surface area contributed by atoms with E-state index in [0.29, 0.717) is 5.92 Å². The molecule has 0 unspecified atom stereocenters. The van der Waals surface area contributed by atoms with E-state index >= 15 is 0 Å². The second kappa shape index (κ2) is 6.75. The molecule has 2 aliphatic heterocycles. The van der Waals surface area contributed by atoms with E-state index in [2.05, 4.69) is 16.8 Å². The van der Waals surface area contributed by atoms with Crippen LogP contribution in [-0.4, -0.2) is 54.7 Å². The maximum atomic E-state index is 12.9. The molecule has 3 rings (SSSR count). The largest absolute Gasteiger partial charge is 0.381 e. The lowest BCUT2D eigenvalue weighted by Gasteiger charge is -2.30. The molecule has 3 heterocycles. The Morgan fingerprint density at radius 3 is 3.14 bits per heavy atom. The molecule has 2 atom stereocenters. The molecule has 2 fully saturated rings. The van der Waals surface area contributed by atoms with Gasteiger partial charge >= 0.3 is 0 Å². The Hall–Kier alpha value is -1.14. The van der Waals surface area contributed by atoms with Gasteiger partial charge < -0.3 is 14.5 Å². The minimum Gasteiger partial charge on any atom is -0.381 e. The summed E-state index contributed by atoms with van der Waals surface area (Å²) in [6, 6.07) is -0.0292. The fourth-order valence-electron chi connectivity index (χ4n) is 3.23. The van der Waals surface area contributed by atoms with E-state index in [4.69, 9.17) is 4.74 Å². The van der Waals surface area contributed by atoms with Crippen molar-refractivity contribution in [1.82, 2.24) is 9.88 Å². The molecule has 6 heteroatoms. The van der Waals surface area contributed by atoms with Gasteiger partial charge in [-0.3, -0.25) is 4.79 Å². The highest BCUT2D eigenvalue weighted by atomic mass is 32.1. The Morgan fingerprint density at radius 1 is 1.57 bits per heavy atom. The molecule has 0 radical (unpaired) electrons. The Labute approximate surface area is 129 Å². The van der Waals surface area contributed by atoms with Crippen LogP contribution in [0.1, 0.15) is 26.2 Å². The summed E-state index contributed by atoms with van der Waals surface area (Å²) >= 11 is 1.62. The maximum absolute atomic E-state index is 12.9. The van der Waals surface area contributed by atoms with Crippen molar-refractivity contribution in [3.63, 3.8) is 0 Å². The van der Waals surface area contributed by atoms with Gasteiger partial charge in [0.25, 0.3) is 0 Å². The lowest BCUT2D eigenvalue weighted by Crippen LogP contribution is -2.47. The number of carbonyl (C=O) groups excluding carboxylic acids is 1.